The first-order chi connectivity index (χ1) is 7.02. The Balaban J connectivity index is 4.33. The van der Waals surface area contributed by atoms with Crippen molar-refractivity contribution in [1.82, 2.24) is 10.6 Å². The monoisotopic (exact) mass is 217 g/mol. The number of amides is 3. The summed E-state index contributed by atoms with van der Waals surface area (Å²) in [5.41, 5.74) is 4.97. The molecule has 0 aliphatic heterocycles. The number of nitrogens with one attached hydrogen (secondary N) is 2. The van der Waals surface area contributed by atoms with E-state index in [4.69, 9.17) is 10.8 Å². The molecule has 15 heavy (non-hydrogen) atoms. The maximum absolute atomic E-state index is 11.5. The van der Waals surface area contributed by atoms with Crippen molar-refractivity contribution in [2.24, 2.45) is 11.7 Å². The van der Waals surface area contributed by atoms with Crippen LogP contribution in [0, 0.1) is 5.92 Å². The molecule has 0 heterocycles. The van der Waals surface area contributed by atoms with Gasteiger partial charge in [-0.1, -0.05) is 20.3 Å². The van der Waals surface area contributed by atoms with Crippen molar-refractivity contribution >= 4 is 11.9 Å². The summed E-state index contributed by atoms with van der Waals surface area (Å²) in [5, 5.41) is 13.4. The fourth-order valence-corrected chi connectivity index (χ4v) is 1.14. The summed E-state index contributed by atoms with van der Waals surface area (Å²) in [6.07, 6.45) is 0.748. The second-order valence-corrected chi connectivity index (χ2v) is 3.39. The Morgan fingerprint density at radius 3 is 2.47 bits per heavy atom. The molecule has 0 rings (SSSR count). The topological polar surface area (TPSA) is 104 Å². The van der Waals surface area contributed by atoms with E-state index in [1.54, 1.807) is 0 Å². The van der Waals surface area contributed by atoms with Gasteiger partial charge in [-0.05, 0) is 5.92 Å². The predicted octanol–water partition coefficient (Wildman–Crippen LogP) is -0.822. The molecular formula is C9H19N3O3. The second-order valence-electron chi connectivity index (χ2n) is 3.39. The minimum Gasteiger partial charge on any atom is -0.395 e. The molecule has 2 atom stereocenters. The summed E-state index contributed by atoms with van der Waals surface area (Å²) in [5.74, 6) is -0.326. The molecule has 0 spiro atoms. The van der Waals surface area contributed by atoms with Crippen molar-refractivity contribution in [2.75, 3.05) is 13.2 Å². The molecule has 0 aromatic carbocycles. The van der Waals surface area contributed by atoms with Crippen LogP contribution in [-0.4, -0.2) is 36.2 Å². The highest BCUT2D eigenvalue weighted by molar-refractivity contribution is 5.86. The molecule has 0 aliphatic rings. The highest BCUT2D eigenvalue weighted by Gasteiger charge is 2.24. The molecule has 0 saturated carbocycles. The molecule has 0 bridgehead atoms. The van der Waals surface area contributed by atoms with E-state index in [1.807, 2.05) is 13.8 Å². The van der Waals surface area contributed by atoms with Gasteiger partial charge in [0, 0.05) is 6.54 Å². The highest BCUT2D eigenvalue weighted by atomic mass is 16.3. The average Bonchev–Trinajstić information content (AvgIpc) is 2.21. The van der Waals surface area contributed by atoms with E-state index in [1.165, 1.54) is 0 Å². The second kappa shape index (κ2) is 7.05. The van der Waals surface area contributed by atoms with Gasteiger partial charge >= 0.3 is 6.03 Å². The molecule has 0 saturated heterocycles. The van der Waals surface area contributed by atoms with Gasteiger partial charge in [-0.3, -0.25) is 4.79 Å². The number of aliphatic hydroxyl groups is 1. The third kappa shape index (κ3) is 5.21. The molecule has 0 aliphatic carbocycles. The minimum absolute atomic E-state index is 0.00353. The Bertz CT molecular complexity index is 221. The van der Waals surface area contributed by atoms with Crippen LogP contribution >= 0.6 is 0 Å². The fraction of sp³-hybridized carbons (Fsp3) is 0.778. The lowest BCUT2D eigenvalue weighted by Crippen LogP contribution is -2.52. The lowest BCUT2D eigenvalue weighted by molar-refractivity contribution is -0.124. The van der Waals surface area contributed by atoms with Gasteiger partial charge in [0.2, 0.25) is 5.91 Å². The van der Waals surface area contributed by atoms with Crippen LogP contribution in [0.5, 0.6) is 0 Å². The Morgan fingerprint density at radius 2 is 2.07 bits per heavy atom. The Labute approximate surface area is 89.2 Å². The van der Waals surface area contributed by atoms with Crippen molar-refractivity contribution in [3.63, 3.8) is 0 Å². The maximum Gasteiger partial charge on any atom is 0.312 e. The van der Waals surface area contributed by atoms with Crippen LogP contribution in [-0.2, 0) is 4.79 Å². The summed E-state index contributed by atoms with van der Waals surface area (Å²) in [6, 6.07) is -1.36. The summed E-state index contributed by atoms with van der Waals surface area (Å²) in [4.78, 5) is 22.2. The first-order valence-electron chi connectivity index (χ1n) is 4.97. The van der Waals surface area contributed by atoms with Crippen molar-refractivity contribution in [1.29, 1.82) is 0 Å². The third-order valence-electron chi connectivity index (χ3n) is 2.20. The van der Waals surface area contributed by atoms with E-state index in [9.17, 15) is 9.59 Å². The molecule has 5 N–H and O–H groups in total. The molecule has 6 nitrogen and oxygen atoms in total. The quantitative estimate of drug-likeness (QED) is 0.467. The Hall–Kier alpha value is -1.30. The van der Waals surface area contributed by atoms with Crippen LogP contribution < -0.4 is 16.4 Å². The number of hydrogen-bond acceptors (Lipinski definition) is 3. The number of primary amides is 1. The molecule has 6 heteroatoms. The maximum atomic E-state index is 11.5. The van der Waals surface area contributed by atoms with Gasteiger partial charge < -0.3 is 21.5 Å². The molecule has 0 aromatic rings. The molecule has 3 amide bonds. The van der Waals surface area contributed by atoms with Crippen molar-refractivity contribution in [2.45, 2.75) is 26.3 Å². The van der Waals surface area contributed by atoms with Gasteiger partial charge in [-0.2, -0.15) is 0 Å². The lowest BCUT2D eigenvalue weighted by atomic mass is 9.98. The van der Waals surface area contributed by atoms with E-state index < -0.39 is 12.1 Å². The zero-order valence-corrected chi connectivity index (χ0v) is 9.12. The van der Waals surface area contributed by atoms with Crippen LogP contribution in [0.2, 0.25) is 0 Å². The van der Waals surface area contributed by atoms with Crippen molar-refractivity contribution < 1.29 is 14.7 Å². The fourth-order valence-electron chi connectivity index (χ4n) is 1.14. The zero-order chi connectivity index (χ0) is 11.8. The summed E-state index contributed by atoms with van der Waals surface area (Å²) < 4.78 is 0. The molecular weight excluding hydrogens is 198 g/mol. The number of carbonyl (C=O) groups excluding carboxylic acids is 2. The Kier molecular flexibility index (Phi) is 6.44. The van der Waals surface area contributed by atoms with Crippen LogP contribution in [0.4, 0.5) is 4.79 Å². The molecule has 0 fully saturated rings. The number of aliphatic hydroxyl groups excluding tert-OH is 1. The van der Waals surface area contributed by atoms with Crippen LogP contribution in [0.1, 0.15) is 20.3 Å². The van der Waals surface area contributed by atoms with Crippen molar-refractivity contribution in [3.05, 3.63) is 0 Å². The standard InChI is InChI=1S/C9H19N3O3/c1-3-6(2)7(12-9(10)15)8(14)11-4-5-13/h6-7,13H,3-5H2,1-2H3,(H,11,14)(H3,10,12,15). The molecule has 0 aromatic heterocycles. The largest absolute Gasteiger partial charge is 0.395 e. The summed E-state index contributed by atoms with van der Waals surface area (Å²) in [6.45, 7) is 3.81. The van der Waals surface area contributed by atoms with E-state index in [-0.39, 0.29) is 25.0 Å². The van der Waals surface area contributed by atoms with E-state index in [0.717, 1.165) is 6.42 Å². The van der Waals surface area contributed by atoms with Gasteiger partial charge in [0.15, 0.2) is 0 Å². The predicted molar refractivity (Wildman–Crippen MR) is 56.1 cm³/mol. The number of hydrogen-bond donors (Lipinski definition) is 4. The number of rotatable bonds is 6. The zero-order valence-electron chi connectivity index (χ0n) is 9.12. The SMILES string of the molecule is CCC(C)C(NC(N)=O)C(=O)NCCO. The Morgan fingerprint density at radius 1 is 1.47 bits per heavy atom. The van der Waals surface area contributed by atoms with E-state index in [0.29, 0.717) is 0 Å². The molecule has 88 valence electrons. The van der Waals surface area contributed by atoms with Crippen molar-refractivity contribution in [3.8, 4) is 0 Å². The van der Waals surface area contributed by atoms with Gasteiger partial charge in [0.1, 0.15) is 6.04 Å². The minimum atomic E-state index is -0.723. The highest BCUT2D eigenvalue weighted by Crippen LogP contribution is 2.07. The summed E-state index contributed by atoms with van der Waals surface area (Å²) in [7, 11) is 0. The van der Waals surface area contributed by atoms with Crippen LogP contribution in [0.15, 0.2) is 0 Å². The normalized spacial score (nSPS) is 14.1. The van der Waals surface area contributed by atoms with Crippen LogP contribution in [0.25, 0.3) is 0 Å². The first-order valence-corrected chi connectivity index (χ1v) is 4.97. The van der Waals surface area contributed by atoms with Gasteiger partial charge in [0.25, 0.3) is 0 Å². The molecule has 2 unspecified atom stereocenters. The van der Waals surface area contributed by atoms with Crippen LogP contribution in [0.3, 0.4) is 0 Å². The van der Waals surface area contributed by atoms with Gasteiger partial charge in [-0.25, -0.2) is 4.79 Å². The number of urea groups is 1. The third-order valence-corrected chi connectivity index (χ3v) is 2.20. The first kappa shape index (κ1) is 13.7. The number of carbonyl (C=O) groups is 2. The lowest BCUT2D eigenvalue weighted by Gasteiger charge is -2.22. The average molecular weight is 217 g/mol. The van der Waals surface area contributed by atoms with E-state index >= 15 is 0 Å². The number of nitrogens with two attached hydrogens (primary N) is 1. The summed E-state index contributed by atoms with van der Waals surface area (Å²) >= 11 is 0. The van der Waals surface area contributed by atoms with E-state index in [2.05, 4.69) is 10.6 Å². The molecule has 0 radical (unpaired) electrons. The smallest absolute Gasteiger partial charge is 0.312 e. The van der Waals surface area contributed by atoms with Gasteiger partial charge in [-0.15, -0.1) is 0 Å². The van der Waals surface area contributed by atoms with Gasteiger partial charge in [0.05, 0.1) is 6.61 Å².